The minimum absolute atomic E-state index is 0.340. The number of rotatable bonds is 6. The maximum absolute atomic E-state index is 12.8. The number of para-hydroxylation sites is 1. The summed E-state index contributed by atoms with van der Waals surface area (Å²) in [5, 5.41) is 0. The quantitative estimate of drug-likeness (QED) is 0.423. The Labute approximate surface area is 150 Å². The Hall–Kier alpha value is -2.27. The largest absolute Gasteiger partial charge is 0.544 e. The van der Waals surface area contributed by atoms with E-state index in [-0.39, 0.29) is 5.97 Å². The summed E-state index contributed by atoms with van der Waals surface area (Å²) in [6, 6.07) is 14.6. The van der Waals surface area contributed by atoms with Crippen molar-refractivity contribution in [3.8, 4) is 17.2 Å². The van der Waals surface area contributed by atoms with Crippen LogP contribution < -0.4 is 13.9 Å². The normalized spacial score (nSPS) is 11.8. The predicted octanol–water partition coefficient (Wildman–Crippen LogP) is 4.79. The van der Waals surface area contributed by atoms with Gasteiger partial charge < -0.3 is 13.9 Å². The zero-order chi connectivity index (χ0) is 18.7. The van der Waals surface area contributed by atoms with Gasteiger partial charge in [-0.3, -0.25) is 4.79 Å². The Morgan fingerprint density at radius 1 is 0.960 bits per heavy atom. The first-order valence-corrected chi connectivity index (χ1v) is 11.7. The monoisotopic (exact) mass is 358 g/mol. The summed E-state index contributed by atoms with van der Waals surface area (Å²) in [6.07, 6.45) is 0. The van der Waals surface area contributed by atoms with Gasteiger partial charge in [0.1, 0.15) is 17.2 Å². The van der Waals surface area contributed by atoms with Gasteiger partial charge in [-0.05, 0) is 63.8 Å². The van der Waals surface area contributed by atoms with Gasteiger partial charge in [-0.25, -0.2) is 0 Å². The highest BCUT2D eigenvalue weighted by Gasteiger charge is 2.36. The average Bonchev–Trinajstić information content (AvgIpc) is 2.54. The van der Waals surface area contributed by atoms with Crippen LogP contribution in [-0.2, 0) is 10.2 Å². The maximum atomic E-state index is 12.8. The molecule has 0 amide bonds. The molecule has 0 unspecified atom stereocenters. The van der Waals surface area contributed by atoms with Gasteiger partial charge in [0, 0.05) is 5.56 Å². The van der Waals surface area contributed by atoms with Gasteiger partial charge in [-0.1, -0.05) is 18.2 Å². The summed E-state index contributed by atoms with van der Waals surface area (Å²) in [5.74, 6) is 1.57. The second-order valence-corrected chi connectivity index (χ2v) is 11.8. The topological polar surface area (TPSA) is 44.8 Å². The summed E-state index contributed by atoms with van der Waals surface area (Å²) in [6.45, 7) is 10.00. The van der Waals surface area contributed by atoms with E-state index in [9.17, 15) is 4.79 Å². The zero-order valence-electron chi connectivity index (χ0n) is 15.8. The first kappa shape index (κ1) is 19.1. The summed E-state index contributed by atoms with van der Waals surface area (Å²) < 4.78 is 17.1. The van der Waals surface area contributed by atoms with Crippen LogP contribution in [0.15, 0.2) is 48.5 Å². The molecule has 0 saturated carbocycles. The van der Waals surface area contributed by atoms with E-state index in [1.807, 2.05) is 50.2 Å². The van der Waals surface area contributed by atoms with Crippen LogP contribution in [0.3, 0.4) is 0 Å². The number of ether oxygens (including phenoxy) is 2. The van der Waals surface area contributed by atoms with E-state index < -0.39 is 13.7 Å². The number of benzene rings is 2. The van der Waals surface area contributed by atoms with Gasteiger partial charge in [-0.15, -0.1) is 0 Å². The molecule has 0 radical (unpaired) electrons. The third kappa shape index (κ3) is 4.86. The van der Waals surface area contributed by atoms with Crippen molar-refractivity contribution in [2.75, 3.05) is 7.11 Å². The van der Waals surface area contributed by atoms with Gasteiger partial charge in [0.2, 0.25) is 8.32 Å². The molecule has 134 valence electrons. The molecule has 2 aromatic rings. The van der Waals surface area contributed by atoms with Crippen molar-refractivity contribution in [2.24, 2.45) is 0 Å². The van der Waals surface area contributed by atoms with Crippen LogP contribution in [0.25, 0.3) is 0 Å². The molecule has 2 rings (SSSR count). The lowest BCUT2D eigenvalue weighted by atomic mass is 9.84. The van der Waals surface area contributed by atoms with Crippen LogP contribution >= 0.6 is 0 Å². The highest BCUT2D eigenvalue weighted by atomic mass is 28.4. The summed E-state index contributed by atoms with van der Waals surface area (Å²) in [4.78, 5) is 12.8. The fourth-order valence-electron chi connectivity index (χ4n) is 2.38. The lowest BCUT2D eigenvalue weighted by molar-refractivity contribution is -0.139. The minimum atomic E-state index is -1.84. The van der Waals surface area contributed by atoms with Crippen LogP contribution in [-0.4, -0.2) is 21.4 Å². The van der Waals surface area contributed by atoms with E-state index >= 15 is 0 Å². The molecule has 0 aliphatic rings. The molecule has 0 bridgehead atoms. The summed E-state index contributed by atoms with van der Waals surface area (Å²) >= 11 is 0. The highest BCUT2D eigenvalue weighted by molar-refractivity contribution is 6.70. The van der Waals surface area contributed by atoms with Crippen LogP contribution in [0.2, 0.25) is 19.6 Å². The third-order valence-corrected chi connectivity index (χ3v) is 4.57. The number of carbonyl (C=O) groups excluding carboxylic acids is 1. The molecule has 0 aliphatic carbocycles. The number of hydrogen-bond donors (Lipinski definition) is 0. The fraction of sp³-hybridized carbons (Fsp3) is 0.350. The second-order valence-electron chi connectivity index (χ2n) is 7.40. The molecule has 0 saturated heterocycles. The first-order chi connectivity index (χ1) is 11.6. The molecule has 5 heteroatoms. The Balaban J connectivity index is 2.40. The summed E-state index contributed by atoms with van der Waals surface area (Å²) in [5.41, 5.74) is -0.130. The van der Waals surface area contributed by atoms with E-state index in [2.05, 4.69) is 19.6 Å². The van der Waals surface area contributed by atoms with Crippen molar-refractivity contribution in [1.82, 2.24) is 0 Å². The second kappa shape index (κ2) is 7.31. The van der Waals surface area contributed by atoms with Gasteiger partial charge in [0.25, 0.3) is 0 Å². The van der Waals surface area contributed by atoms with Crippen molar-refractivity contribution in [3.05, 3.63) is 54.1 Å². The van der Waals surface area contributed by atoms with Gasteiger partial charge in [0.15, 0.2) is 0 Å². The lowest BCUT2D eigenvalue weighted by Gasteiger charge is -2.29. The van der Waals surface area contributed by atoms with Crippen LogP contribution in [0.1, 0.15) is 19.4 Å². The van der Waals surface area contributed by atoms with E-state index in [4.69, 9.17) is 13.9 Å². The van der Waals surface area contributed by atoms with Crippen LogP contribution in [0.5, 0.6) is 17.2 Å². The maximum Gasteiger partial charge on any atom is 0.321 e. The molecule has 4 nitrogen and oxygen atoms in total. The molecule has 0 aromatic heterocycles. The molecule has 0 spiro atoms. The Kier molecular flexibility index (Phi) is 5.57. The average molecular weight is 359 g/mol. The van der Waals surface area contributed by atoms with Gasteiger partial charge >= 0.3 is 5.97 Å². The van der Waals surface area contributed by atoms with Gasteiger partial charge in [-0.2, -0.15) is 0 Å². The van der Waals surface area contributed by atoms with Crippen molar-refractivity contribution >= 4 is 14.3 Å². The molecule has 25 heavy (non-hydrogen) atoms. The van der Waals surface area contributed by atoms with Crippen molar-refractivity contribution < 1.29 is 18.7 Å². The molecular formula is C20H26O4Si. The predicted molar refractivity (Wildman–Crippen MR) is 102 cm³/mol. The number of esters is 1. The molecule has 0 aliphatic heterocycles. The van der Waals surface area contributed by atoms with Crippen LogP contribution in [0, 0.1) is 0 Å². The smallest absolute Gasteiger partial charge is 0.321 e. The lowest BCUT2D eigenvalue weighted by Crippen LogP contribution is -2.36. The van der Waals surface area contributed by atoms with E-state index in [0.717, 1.165) is 5.56 Å². The van der Waals surface area contributed by atoms with Crippen molar-refractivity contribution in [1.29, 1.82) is 0 Å². The number of hydrogen-bond acceptors (Lipinski definition) is 4. The summed E-state index contributed by atoms with van der Waals surface area (Å²) in [7, 11) is -0.233. The number of methoxy groups -OCH3 is 1. The highest BCUT2D eigenvalue weighted by Crippen LogP contribution is 2.37. The Morgan fingerprint density at radius 2 is 1.60 bits per heavy atom. The van der Waals surface area contributed by atoms with E-state index in [1.165, 1.54) is 0 Å². The third-order valence-electron chi connectivity index (χ3n) is 3.74. The van der Waals surface area contributed by atoms with Crippen LogP contribution in [0.4, 0.5) is 0 Å². The standard InChI is InChI=1S/C20H26O4Si/c1-20(2,19(21)23-15-10-8-7-9-11-15)17-14-16(22-3)12-13-18(17)24-25(4,5)6/h7-14H,1-6H3. The molecule has 0 fully saturated rings. The number of carbonyl (C=O) groups is 1. The Bertz CT molecular complexity index is 733. The Morgan fingerprint density at radius 3 is 2.16 bits per heavy atom. The molecule has 0 N–H and O–H groups in total. The van der Waals surface area contributed by atoms with E-state index in [0.29, 0.717) is 17.2 Å². The molecule has 2 aromatic carbocycles. The fourth-order valence-corrected chi connectivity index (χ4v) is 3.21. The van der Waals surface area contributed by atoms with Gasteiger partial charge in [0.05, 0.1) is 12.5 Å². The van der Waals surface area contributed by atoms with Crippen molar-refractivity contribution in [2.45, 2.75) is 38.9 Å². The van der Waals surface area contributed by atoms with E-state index in [1.54, 1.807) is 19.2 Å². The SMILES string of the molecule is COc1ccc(O[Si](C)(C)C)c(C(C)(C)C(=O)Oc2ccccc2)c1. The minimum Gasteiger partial charge on any atom is -0.544 e. The van der Waals surface area contributed by atoms with Crippen molar-refractivity contribution in [3.63, 3.8) is 0 Å². The molecule has 0 heterocycles. The zero-order valence-corrected chi connectivity index (χ0v) is 16.8. The molecule has 0 atom stereocenters. The first-order valence-electron chi connectivity index (χ1n) is 8.28. The molecular weight excluding hydrogens is 332 g/mol.